The van der Waals surface area contributed by atoms with Gasteiger partial charge in [0.2, 0.25) is 11.8 Å². The van der Waals surface area contributed by atoms with Crippen molar-refractivity contribution in [2.45, 2.75) is 25.7 Å². The van der Waals surface area contributed by atoms with E-state index in [0.29, 0.717) is 18.3 Å². The Kier molecular flexibility index (Phi) is 5.79. The van der Waals surface area contributed by atoms with Crippen LogP contribution in [0.5, 0.6) is 5.75 Å². The number of ether oxygens (including phenoxy) is 1. The van der Waals surface area contributed by atoms with Crippen molar-refractivity contribution >= 4 is 0 Å². The number of aryl methyl sites for hydroxylation is 1. The first kappa shape index (κ1) is 18.2. The number of para-hydroxylation sites is 1. The highest BCUT2D eigenvalue weighted by molar-refractivity contribution is 5.35. The van der Waals surface area contributed by atoms with Crippen molar-refractivity contribution in [1.29, 1.82) is 0 Å². The van der Waals surface area contributed by atoms with Gasteiger partial charge in [-0.05, 0) is 19.2 Å². The molecular weight excluding hydrogens is 327 g/mol. The van der Waals surface area contributed by atoms with Gasteiger partial charge in [-0.15, -0.1) is 10.2 Å². The van der Waals surface area contributed by atoms with Crippen LogP contribution >= 0.6 is 0 Å². The fraction of sp³-hybridized carbons (Fsp3) is 0.467. The number of rotatable bonds is 7. The molecule has 0 amide bonds. The van der Waals surface area contributed by atoms with Gasteiger partial charge >= 0.3 is 6.18 Å². The van der Waals surface area contributed by atoms with Gasteiger partial charge in [-0.3, -0.25) is 4.90 Å². The molecule has 1 unspecified atom stereocenters. The normalized spacial score (nSPS) is 13.3. The first-order valence-electron chi connectivity index (χ1n) is 7.20. The third-order valence-electron chi connectivity index (χ3n) is 3.12. The molecule has 0 aliphatic heterocycles. The van der Waals surface area contributed by atoms with Crippen LogP contribution in [0, 0.1) is 6.92 Å². The first-order chi connectivity index (χ1) is 11.3. The Morgan fingerprint density at radius 1 is 1.29 bits per heavy atom. The summed E-state index contributed by atoms with van der Waals surface area (Å²) in [5.74, 6) is 0.524. The second-order valence-corrected chi connectivity index (χ2v) is 5.37. The fourth-order valence-corrected chi connectivity index (χ4v) is 2.12. The highest BCUT2D eigenvalue weighted by Crippen LogP contribution is 2.35. The van der Waals surface area contributed by atoms with Crippen LogP contribution in [-0.2, 0) is 12.7 Å². The van der Waals surface area contributed by atoms with Crippen molar-refractivity contribution < 1.29 is 27.4 Å². The zero-order valence-corrected chi connectivity index (χ0v) is 13.2. The van der Waals surface area contributed by atoms with Crippen LogP contribution in [0.2, 0.25) is 0 Å². The standard InChI is InChI=1S/C15H18F3N3O3/c1-10-19-20-14(24-10)8-21(2)7-11(22)9-23-13-6-4-3-5-12(13)15(16,17)18/h3-6,11,22H,7-9H2,1-2H3. The first-order valence-corrected chi connectivity index (χ1v) is 7.20. The minimum Gasteiger partial charge on any atom is -0.490 e. The molecule has 1 N–H and O–H groups in total. The average molecular weight is 345 g/mol. The van der Waals surface area contributed by atoms with Crippen molar-refractivity contribution in [1.82, 2.24) is 15.1 Å². The van der Waals surface area contributed by atoms with E-state index in [1.807, 2.05) is 0 Å². The lowest BCUT2D eigenvalue weighted by molar-refractivity contribution is -0.139. The van der Waals surface area contributed by atoms with E-state index in [9.17, 15) is 18.3 Å². The maximum absolute atomic E-state index is 12.9. The fourth-order valence-electron chi connectivity index (χ4n) is 2.12. The van der Waals surface area contributed by atoms with E-state index in [1.165, 1.54) is 18.2 Å². The minimum absolute atomic E-state index is 0.176. The number of aliphatic hydroxyl groups is 1. The van der Waals surface area contributed by atoms with Crippen molar-refractivity contribution in [2.24, 2.45) is 0 Å². The van der Waals surface area contributed by atoms with E-state index in [1.54, 1.807) is 18.9 Å². The number of benzene rings is 1. The van der Waals surface area contributed by atoms with Crippen LogP contribution in [0.3, 0.4) is 0 Å². The van der Waals surface area contributed by atoms with Crippen LogP contribution in [0.1, 0.15) is 17.3 Å². The summed E-state index contributed by atoms with van der Waals surface area (Å²) in [7, 11) is 1.71. The van der Waals surface area contributed by atoms with Crippen molar-refractivity contribution in [3.8, 4) is 5.75 Å². The van der Waals surface area contributed by atoms with Crippen molar-refractivity contribution in [2.75, 3.05) is 20.2 Å². The quantitative estimate of drug-likeness (QED) is 0.830. The maximum Gasteiger partial charge on any atom is 0.419 e. The van der Waals surface area contributed by atoms with Gasteiger partial charge in [0.05, 0.1) is 12.1 Å². The zero-order chi connectivity index (χ0) is 17.7. The molecule has 2 rings (SSSR count). The smallest absolute Gasteiger partial charge is 0.419 e. The van der Waals surface area contributed by atoms with E-state index >= 15 is 0 Å². The summed E-state index contributed by atoms with van der Waals surface area (Å²) in [4.78, 5) is 1.71. The molecule has 0 saturated carbocycles. The highest BCUT2D eigenvalue weighted by Gasteiger charge is 2.34. The molecule has 0 aliphatic carbocycles. The molecule has 1 aromatic carbocycles. The molecule has 6 nitrogen and oxygen atoms in total. The SMILES string of the molecule is Cc1nnc(CN(C)CC(O)COc2ccccc2C(F)(F)F)o1. The molecule has 1 aromatic heterocycles. The Balaban J connectivity index is 1.86. The molecule has 0 aliphatic rings. The Morgan fingerprint density at radius 3 is 2.62 bits per heavy atom. The number of aliphatic hydroxyl groups excluding tert-OH is 1. The Hall–Kier alpha value is -2.13. The monoisotopic (exact) mass is 345 g/mol. The summed E-state index contributed by atoms with van der Waals surface area (Å²) in [6, 6.07) is 4.89. The number of nitrogens with zero attached hydrogens (tertiary/aromatic N) is 3. The van der Waals surface area contributed by atoms with E-state index < -0.39 is 17.8 Å². The number of hydrogen-bond acceptors (Lipinski definition) is 6. The number of halogens is 3. The lowest BCUT2D eigenvalue weighted by Gasteiger charge is -2.20. The number of hydrogen-bond donors (Lipinski definition) is 1. The molecule has 1 atom stereocenters. The van der Waals surface area contributed by atoms with Gasteiger partial charge in [0.25, 0.3) is 0 Å². The summed E-state index contributed by atoms with van der Waals surface area (Å²) in [6.45, 7) is 1.89. The van der Waals surface area contributed by atoms with Gasteiger partial charge in [-0.25, -0.2) is 0 Å². The Bertz CT molecular complexity index is 661. The Labute approximate surface area is 136 Å². The van der Waals surface area contributed by atoms with E-state index in [4.69, 9.17) is 9.15 Å². The largest absolute Gasteiger partial charge is 0.490 e. The zero-order valence-electron chi connectivity index (χ0n) is 13.2. The van der Waals surface area contributed by atoms with Crippen LogP contribution in [0.15, 0.2) is 28.7 Å². The molecule has 1 heterocycles. The lowest BCUT2D eigenvalue weighted by Crippen LogP contribution is -2.33. The number of likely N-dealkylation sites (N-methyl/N-ethyl adjacent to an activating group) is 1. The molecule has 0 spiro atoms. The molecule has 132 valence electrons. The van der Waals surface area contributed by atoms with E-state index in [0.717, 1.165) is 6.07 Å². The second-order valence-electron chi connectivity index (χ2n) is 5.37. The van der Waals surface area contributed by atoms with Crippen molar-refractivity contribution in [3.63, 3.8) is 0 Å². The predicted octanol–water partition coefficient (Wildman–Crippen LogP) is 2.27. The van der Waals surface area contributed by atoms with Gasteiger partial charge in [0.15, 0.2) is 0 Å². The predicted molar refractivity (Wildman–Crippen MR) is 78.3 cm³/mol. The van der Waals surface area contributed by atoms with Gasteiger partial charge in [0, 0.05) is 13.5 Å². The molecule has 0 fully saturated rings. The van der Waals surface area contributed by atoms with Crippen molar-refractivity contribution in [3.05, 3.63) is 41.6 Å². The van der Waals surface area contributed by atoms with Crippen LogP contribution in [0.4, 0.5) is 13.2 Å². The van der Waals surface area contributed by atoms with E-state index in [2.05, 4.69) is 10.2 Å². The molecule has 0 radical (unpaired) electrons. The van der Waals surface area contributed by atoms with Crippen LogP contribution in [-0.4, -0.2) is 46.5 Å². The summed E-state index contributed by atoms with van der Waals surface area (Å²) in [5.41, 5.74) is -0.869. The number of alkyl halides is 3. The van der Waals surface area contributed by atoms with Gasteiger partial charge in [-0.2, -0.15) is 13.2 Å². The summed E-state index contributed by atoms with van der Waals surface area (Å²) < 4.78 is 48.9. The summed E-state index contributed by atoms with van der Waals surface area (Å²) in [6.07, 6.45) is -5.48. The minimum atomic E-state index is -4.51. The van der Waals surface area contributed by atoms with E-state index in [-0.39, 0.29) is 18.9 Å². The Morgan fingerprint density at radius 2 is 2.00 bits per heavy atom. The molecule has 0 saturated heterocycles. The molecular formula is C15H18F3N3O3. The molecule has 9 heteroatoms. The molecule has 0 bridgehead atoms. The maximum atomic E-state index is 12.9. The highest BCUT2D eigenvalue weighted by atomic mass is 19.4. The summed E-state index contributed by atoms with van der Waals surface area (Å²) >= 11 is 0. The summed E-state index contributed by atoms with van der Waals surface area (Å²) in [5, 5.41) is 17.5. The van der Waals surface area contributed by atoms with Gasteiger partial charge < -0.3 is 14.3 Å². The number of aromatic nitrogens is 2. The third-order valence-corrected chi connectivity index (χ3v) is 3.12. The third kappa shape index (κ3) is 5.20. The molecule has 24 heavy (non-hydrogen) atoms. The van der Waals surface area contributed by atoms with Crippen LogP contribution < -0.4 is 4.74 Å². The topological polar surface area (TPSA) is 71.6 Å². The average Bonchev–Trinajstić information content (AvgIpc) is 2.89. The second kappa shape index (κ2) is 7.63. The lowest BCUT2D eigenvalue weighted by atomic mass is 10.2. The molecule has 2 aromatic rings. The van der Waals surface area contributed by atoms with Gasteiger partial charge in [0.1, 0.15) is 18.5 Å². The van der Waals surface area contributed by atoms with Crippen LogP contribution in [0.25, 0.3) is 0 Å². The van der Waals surface area contributed by atoms with Gasteiger partial charge in [-0.1, -0.05) is 12.1 Å².